The van der Waals surface area contributed by atoms with E-state index in [9.17, 15) is 22.7 Å². The Morgan fingerprint density at radius 3 is 2.76 bits per heavy atom. The minimum absolute atomic E-state index is 0.279. The van der Waals surface area contributed by atoms with E-state index in [1.54, 1.807) is 4.72 Å². The van der Waals surface area contributed by atoms with Crippen molar-refractivity contribution in [3.8, 4) is 5.75 Å². The second kappa shape index (κ2) is 8.85. The third-order valence-corrected chi connectivity index (χ3v) is 6.67. The third kappa shape index (κ3) is 5.37. The molecule has 8 nitrogen and oxygen atoms in total. The van der Waals surface area contributed by atoms with Crippen LogP contribution in [0.15, 0.2) is 12.1 Å². The average molecular weight is 429 g/mol. The number of halogens is 1. The van der Waals surface area contributed by atoms with Crippen LogP contribution >= 0.6 is 0 Å². The van der Waals surface area contributed by atoms with E-state index < -0.39 is 39.9 Å². The second-order valence-corrected chi connectivity index (χ2v) is 9.78. The first kappa shape index (κ1) is 21.8. The first-order valence-electron chi connectivity index (χ1n) is 9.96. The average Bonchev–Trinajstić information content (AvgIpc) is 2.90. The molecule has 1 unspecified atom stereocenters. The van der Waals surface area contributed by atoms with Crippen molar-refractivity contribution >= 4 is 21.8 Å². The summed E-state index contributed by atoms with van der Waals surface area (Å²) >= 11 is 0. The van der Waals surface area contributed by atoms with Crippen molar-refractivity contribution in [2.75, 3.05) is 30.5 Å². The van der Waals surface area contributed by atoms with Crippen LogP contribution in [0.1, 0.15) is 38.7 Å². The summed E-state index contributed by atoms with van der Waals surface area (Å²) < 4.78 is 40.7. The van der Waals surface area contributed by atoms with Crippen LogP contribution < -0.4 is 14.3 Å². The van der Waals surface area contributed by atoms with E-state index in [1.165, 1.54) is 12.1 Å². The van der Waals surface area contributed by atoms with Gasteiger partial charge in [0.2, 0.25) is 0 Å². The van der Waals surface area contributed by atoms with Crippen LogP contribution in [0.4, 0.5) is 10.1 Å². The minimum atomic E-state index is -4.18. The van der Waals surface area contributed by atoms with Crippen molar-refractivity contribution < 1.29 is 22.7 Å². The smallest absolute Gasteiger partial charge is 0.326 e. The number of carbonyl (C=O) groups is 1. The first-order chi connectivity index (χ1) is 13.7. The molecule has 0 aliphatic carbocycles. The lowest BCUT2D eigenvalue weighted by Crippen LogP contribution is -2.45. The number of hydrogen-bond acceptors (Lipinski definition) is 6. The van der Waals surface area contributed by atoms with Gasteiger partial charge in [-0.3, -0.25) is 4.79 Å². The summed E-state index contributed by atoms with van der Waals surface area (Å²) in [5.74, 6) is -1.50. The lowest BCUT2D eigenvalue weighted by molar-refractivity contribution is -0.117. The Kier molecular flexibility index (Phi) is 6.65. The molecule has 0 bridgehead atoms. The highest BCUT2D eigenvalue weighted by atomic mass is 32.2. The minimum Gasteiger partial charge on any atom is -0.506 e. The number of nitrogens with zero attached hydrogens (tertiary/aromatic N) is 2. The Morgan fingerprint density at radius 2 is 2.14 bits per heavy atom. The van der Waals surface area contributed by atoms with Crippen molar-refractivity contribution in [2.24, 2.45) is 5.92 Å². The zero-order chi connectivity index (χ0) is 21.2. The van der Waals surface area contributed by atoms with Gasteiger partial charge in [-0.15, -0.1) is 0 Å². The number of likely N-dealkylation sites (tertiary alicyclic amines) is 1. The van der Waals surface area contributed by atoms with E-state index in [-0.39, 0.29) is 6.04 Å². The molecule has 10 heteroatoms. The van der Waals surface area contributed by atoms with Gasteiger partial charge in [0.15, 0.2) is 5.82 Å². The molecule has 2 saturated heterocycles. The molecule has 2 aliphatic rings. The van der Waals surface area contributed by atoms with E-state index in [0.717, 1.165) is 38.9 Å². The Bertz CT molecular complexity index is 839. The molecule has 3 rings (SSSR count). The van der Waals surface area contributed by atoms with Gasteiger partial charge in [0.25, 0.3) is 5.91 Å². The molecule has 0 radical (unpaired) electrons. The molecule has 29 heavy (non-hydrogen) atoms. The number of benzene rings is 1. The highest BCUT2D eigenvalue weighted by molar-refractivity contribution is 7.92. The van der Waals surface area contributed by atoms with Crippen LogP contribution in [0.5, 0.6) is 5.75 Å². The van der Waals surface area contributed by atoms with Crippen molar-refractivity contribution in [1.29, 1.82) is 0 Å². The molecule has 3 N–H and O–H groups in total. The summed E-state index contributed by atoms with van der Waals surface area (Å²) in [6.07, 6.45) is 3.29. The van der Waals surface area contributed by atoms with Crippen molar-refractivity contribution in [2.45, 2.75) is 45.7 Å². The number of nitrogens with one attached hydrogen (secondary N) is 2. The van der Waals surface area contributed by atoms with Crippen molar-refractivity contribution in [3.63, 3.8) is 0 Å². The molecule has 2 fully saturated rings. The van der Waals surface area contributed by atoms with Gasteiger partial charge in [-0.1, -0.05) is 13.8 Å². The molecular weight excluding hydrogens is 399 g/mol. The molecule has 2 heterocycles. The number of phenolic OH excluding ortho intramolecular Hbond substituents is 1. The van der Waals surface area contributed by atoms with Crippen LogP contribution in [-0.4, -0.2) is 56.6 Å². The number of aromatic hydroxyl groups is 1. The largest absolute Gasteiger partial charge is 0.506 e. The van der Waals surface area contributed by atoms with E-state index in [2.05, 4.69) is 24.1 Å². The van der Waals surface area contributed by atoms with E-state index in [4.69, 9.17) is 0 Å². The van der Waals surface area contributed by atoms with Gasteiger partial charge < -0.3 is 15.3 Å². The highest BCUT2D eigenvalue weighted by Crippen LogP contribution is 2.34. The van der Waals surface area contributed by atoms with Gasteiger partial charge in [-0.05, 0) is 56.0 Å². The maximum Gasteiger partial charge on any atom is 0.326 e. The second-order valence-electron chi connectivity index (χ2n) is 8.19. The fourth-order valence-corrected chi connectivity index (χ4v) is 4.93. The van der Waals surface area contributed by atoms with Crippen LogP contribution in [0.3, 0.4) is 0 Å². The molecule has 1 amide bonds. The zero-order valence-electron chi connectivity index (χ0n) is 16.8. The monoisotopic (exact) mass is 428 g/mol. The molecule has 162 valence electrons. The zero-order valence-corrected chi connectivity index (χ0v) is 17.6. The van der Waals surface area contributed by atoms with E-state index in [0.29, 0.717) is 22.3 Å². The lowest BCUT2D eigenvalue weighted by atomic mass is 10.0. The van der Waals surface area contributed by atoms with Crippen LogP contribution in [-0.2, 0) is 21.5 Å². The van der Waals surface area contributed by atoms with E-state index in [1.807, 2.05) is 0 Å². The number of rotatable bonds is 7. The summed E-state index contributed by atoms with van der Waals surface area (Å²) in [7, 11) is -4.18. The van der Waals surface area contributed by atoms with Gasteiger partial charge in [0, 0.05) is 19.1 Å². The number of amides is 1. The van der Waals surface area contributed by atoms with Crippen LogP contribution in [0.25, 0.3) is 0 Å². The predicted octanol–water partition coefficient (Wildman–Crippen LogP) is 1.31. The van der Waals surface area contributed by atoms with Crippen molar-refractivity contribution in [3.05, 3.63) is 23.5 Å². The van der Waals surface area contributed by atoms with Crippen LogP contribution in [0.2, 0.25) is 0 Å². The molecule has 2 aliphatic heterocycles. The summed E-state index contributed by atoms with van der Waals surface area (Å²) in [6.45, 7) is 7.31. The standard InChI is InChI=1S/C19H29FN4O4S/c1-13(2)5-7-23-6-3-4-15(11-23)21-10-14-8-16(20)19(17(25)9-14)24-12-18(26)22-29(24,27)28/h8-9,13,15,21,25H,3-7,10-12H2,1-2H3,(H,22,26). The molecule has 1 aromatic rings. The lowest BCUT2D eigenvalue weighted by Gasteiger charge is -2.33. The maximum absolute atomic E-state index is 14.6. The fraction of sp³-hybridized carbons (Fsp3) is 0.632. The molecule has 0 saturated carbocycles. The summed E-state index contributed by atoms with van der Waals surface area (Å²) in [5.41, 5.74) is 0.00330. The Morgan fingerprint density at radius 1 is 1.38 bits per heavy atom. The molecule has 0 spiro atoms. The summed E-state index contributed by atoms with van der Waals surface area (Å²) in [5, 5.41) is 13.6. The third-order valence-electron chi connectivity index (χ3n) is 5.30. The van der Waals surface area contributed by atoms with Gasteiger partial charge in [0.05, 0.1) is 0 Å². The number of phenols is 1. The maximum atomic E-state index is 14.6. The Hall–Kier alpha value is -1.91. The summed E-state index contributed by atoms with van der Waals surface area (Å²) in [6, 6.07) is 2.81. The normalized spacial score (nSPS) is 22.3. The number of piperidine rings is 1. The topological polar surface area (TPSA) is 102 Å². The van der Waals surface area contributed by atoms with Crippen LogP contribution in [0, 0.1) is 11.7 Å². The quantitative estimate of drug-likeness (QED) is 0.605. The molecule has 1 aromatic carbocycles. The van der Waals surface area contributed by atoms with Gasteiger partial charge >= 0.3 is 10.2 Å². The fourth-order valence-electron chi connectivity index (χ4n) is 3.76. The SMILES string of the molecule is CC(C)CCN1CCCC(NCc2cc(O)c(N3CC(=O)NS3(=O)=O)c(F)c2)C1. The molecular formula is C19H29FN4O4S. The number of anilines is 1. The van der Waals surface area contributed by atoms with E-state index >= 15 is 0 Å². The molecule has 1 atom stereocenters. The Labute approximate surface area is 171 Å². The van der Waals surface area contributed by atoms with Gasteiger partial charge in [-0.2, -0.15) is 8.42 Å². The first-order valence-corrected chi connectivity index (χ1v) is 11.4. The summed E-state index contributed by atoms with van der Waals surface area (Å²) in [4.78, 5) is 13.8. The number of hydrogen-bond donors (Lipinski definition) is 3. The van der Waals surface area contributed by atoms with Crippen molar-refractivity contribution in [1.82, 2.24) is 14.9 Å². The van der Waals surface area contributed by atoms with Gasteiger partial charge in [-0.25, -0.2) is 13.4 Å². The highest BCUT2D eigenvalue weighted by Gasteiger charge is 2.37. The number of carbonyl (C=O) groups excluding carboxylic acids is 1. The Balaban J connectivity index is 1.63. The molecule has 0 aromatic heterocycles. The van der Waals surface area contributed by atoms with Gasteiger partial charge in [0.1, 0.15) is 18.0 Å². The predicted molar refractivity (Wildman–Crippen MR) is 108 cm³/mol.